The quantitative estimate of drug-likeness (QED) is 0.243. The van der Waals surface area contributed by atoms with Crippen molar-refractivity contribution in [1.82, 2.24) is 9.55 Å². The van der Waals surface area contributed by atoms with Crippen molar-refractivity contribution < 1.29 is 0 Å². The predicted octanol–water partition coefficient (Wildman–Crippen LogP) is 9.37. The summed E-state index contributed by atoms with van der Waals surface area (Å²) >= 11 is 1.88. The minimum atomic E-state index is 0.985. The number of pyridine rings is 1. The molecule has 36 heavy (non-hydrogen) atoms. The number of hydrogen-bond acceptors (Lipinski definition) is 2. The van der Waals surface area contributed by atoms with Crippen LogP contribution in [0.15, 0.2) is 121 Å². The topological polar surface area (TPSA) is 17.8 Å². The van der Waals surface area contributed by atoms with Crippen molar-refractivity contribution in [3.63, 3.8) is 0 Å². The van der Waals surface area contributed by atoms with Crippen molar-refractivity contribution >= 4 is 64.2 Å². The lowest BCUT2D eigenvalue weighted by molar-refractivity contribution is 1.19. The molecule has 0 aliphatic heterocycles. The molecule has 0 saturated heterocycles. The third-order valence-corrected chi connectivity index (χ3v) is 8.38. The maximum absolute atomic E-state index is 5.06. The van der Waals surface area contributed by atoms with Gasteiger partial charge >= 0.3 is 0 Å². The van der Waals surface area contributed by atoms with E-state index >= 15 is 0 Å². The molecule has 0 radical (unpaired) electrons. The molecule has 0 atom stereocenters. The van der Waals surface area contributed by atoms with E-state index in [0.29, 0.717) is 0 Å². The summed E-state index contributed by atoms with van der Waals surface area (Å²) in [5.74, 6) is 0. The van der Waals surface area contributed by atoms with Gasteiger partial charge in [-0.2, -0.15) is 0 Å². The second-order valence-corrected chi connectivity index (χ2v) is 10.3. The zero-order chi connectivity index (χ0) is 23.6. The Hall–Kier alpha value is -4.47. The van der Waals surface area contributed by atoms with E-state index in [-0.39, 0.29) is 0 Å². The van der Waals surface area contributed by atoms with Gasteiger partial charge in [0.2, 0.25) is 0 Å². The van der Waals surface area contributed by atoms with Gasteiger partial charge in [0, 0.05) is 37.2 Å². The van der Waals surface area contributed by atoms with E-state index in [4.69, 9.17) is 4.98 Å². The fourth-order valence-electron chi connectivity index (χ4n) is 5.58. The molecule has 3 heteroatoms. The largest absolute Gasteiger partial charge is 0.307 e. The van der Waals surface area contributed by atoms with E-state index in [0.717, 1.165) is 27.8 Å². The van der Waals surface area contributed by atoms with Gasteiger partial charge < -0.3 is 4.57 Å². The average molecular weight is 477 g/mol. The standard InChI is InChI=1S/C33H20N2S/c1-2-10-21(11-3-1)28-20-30(26-14-4-7-15-27(26)34-28)35-29-16-8-5-12-22(29)24-18-19-25-23-13-6-9-17-31(23)36-33(25)32(24)35/h1-20H. The molecule has 0 amide bonds. The number of fused-ring (bicyclic) bond motifs is 8. The summed E-state index contributed by atoms with van der Waals surface area (Å²) in [5, 5.41) is 6.34. The molecule has 168 valence electrons. The van der Waals surface area contributed by atoms with Crippen LogP contribution in [0.3, 0.4) is 0 Å². The Morgan fingerprint density at radius 2 is 1.25 bits per heavy atom. The fourth-order valence-corrected chi connectivity index (χ4v) is 6.82. The Bertz CT molecular complexity index is 2100. The van der Waals surface area contributed by atoms with Crippen LogP contribution in [0.5, 0.6) is 0 Å². The van der Waals surface area contributed by atoms with Crippen LogP contribution in [0.4, 0.5) is 0 Å². The van der Waals surface area contributed by atoms with Crippen molar-refractivity contribution in [3.8, 4) is 16.9 Å². The monoisotopic (exact) mass is 476 g/mol. The van der Waals surface area contributed by atoms with Gasteiger partial charge in [0.15, 0.2) is 0 Å². The van der Waals surface area contributed by atoms with Gasteiger partial charge in [-0.3, -0.25) is 0 Å². The molecule has 0 unspecified atom stereocenters. The first-order valence-electron chi connectivity index (χ1n) is 12.2. The normalized spacial score (nSPS) is 11.9. The SMILES string of the molecule is c1ccc(-c2cc(-n3c4ccccc4c4ccc5c6ccccc6sc5c43)c3ccccc3n2)cc1. The van der Waals surface area contributed by atoms with E-state index in [1.54, 1.807) is 0 Å². The Labute approximate surface area is 211 Å². The van der Waals surface area contributed by atoms with Gasteiger partial charge in [-0.1, -0.05) is 97.1 Å². The molecule has 3 heterocycles. The van der Waals surface area contributed by atoms with Gasteiger partial charge in [0.1, 0.15) is 0 Å². The van der Waals surface area contributed by atoms with Crippen molar-refractivity contribution in [3.05, 3.63) is 121 Å². The highest BCUT2D eigenvalue weighted by atomic mass is 32.1. The summed E-state index contributed by atoms with van der Waals surface area (Å²) in [6.45, 7) is 0. The Balaban J connectivity index is 1.60. The van der Waals surface area contributed by atoms with E-state index in [1.807, 2.05) is 11.3 Å². The van der Waals surface area contributed by atoms with Crippen LogP contribution in [0.2, 0.25) is 0 Å². The highest BCUT2D eigenvalue weighted by molar-refractivity contribution is 7.26. The first-order chi connectivity index (χ1) is 17.9. The summed E-state index contributed by atoms with van der Waals surface area (Å²) in [7, 11) is 0. The average Bonchev–Trinajstić information content (AvgIpc) is 3.49. The molecular formula is C33H20N2S. The first kappa shape index (κ1) is 19.8. The maximum Gasteiger partial charge on any atom is 0.0730 e. The van der Waals surface area contributed by atoms with Crippen molar-refractivity contribution in [2.75, 3.05) is 0 Å². The molecule has 0 aliphatic rings. The van der Waals surface area contributed by atoms with Crippen LogP contribution >= 0.6 is 11.3 Å². The smallest absolute Gasteiger partial charge is 0.0730 e. The number of aromatic nitrogens is 2. The number of thiophene rings is 1. The highest BCUT2D eigenvalue weighted by Gasteiger charge is 2.19. The third kappa shape index (κ3) is 2.75. The number of rotatable bonds is 2. The fraction of sp³-hybridized carbons (Fsp3) is 0. The number of para-hydroxylation sites is 2. The van der Waals surface area contributed by atoms with Crippen LogP contribution in [-0.2, 0) is 0 Å². The molecule has 0 fully saturated rings. The van der Waals surface area contributed by atoms with Gasteiger partial charge in [0.05, 0.1) is 32.6 Å². The molecule has 3 aromatic heterocycles. The maximum atomic E-state index is 5.06. The van der Waals surface area contributed by atoms with Crippen LogP contribution in [0.1, 0.15) is 0 Å². The number of nitrogens with zero attached hydrogens (tertiary/aromatic N) is 2. The minimum absolute atomic E-state index is 0.985. The van der Waals surface area contributed by atoms with E-state index in [1.165, 1.54) is 42.0 Å². The van der Waals surface area contributed by atoms with E-state index < -0.39 is 0 Å². The zero-order valence-electron chi connectivity index (χ0n) is 19.3. The van der Waals surface area contributed by atoms with Crippen molar-refractivity contribution in [1.29, 1.82) is 0 Å². The van der Waals surface area contributed by atoms with Gasteiger partial charge in [0.25, 0.3) is 0 Å². The second kappa shape index (κ2) is 7.51. The summed E-state index contributed by atoms with van der Waals surface area (Å²) < 4.78 is 5.12. The number of benzene rings is 5. The summed E-state index contributed by atoms with van der Waals surface area (Å²) in [6.07, 6.45) is 0. The third-order valence-electron chi connectivity index (χ3n) is 7.18. The summed E-state index contributed by atoms with van der Waals surface area (Å²) in [5.41, 5.74) is 6.76. The zero-order valence-corrected chi connectivity index (χ0v) is 20.2. The van der Waals surface area contributed by atoms with Crippen LogP contribution in [-0.4, -0.2) is 9.55 Å². The second-order valence-electron chi connectivity index (χ2n) is 9.20. The molecular weight excluding hydrogens is 456 g/mol. The van der Waals surface area contributed by atoms with Crippen molar-refractivity contribution in [2.45, 2.75) is 0 Å². The summed E-state index contributed by atoms with van der Waals surface area (Å²) in [4.78, 5) is 5.06. The molecule has 0 saturated carbocycles. The molecule has 0 aliphatic carbocycles. The lowest BCUT2D eigenvalue weighted by Gasteiger charge is -2.14. The highest BCUT2D eigenvalue weighted by Crippen LogP contribution is 2.43. The molecule has 0 spiro atoms. The summed E-state index contributed by atoms with van der Waals surface area (Å²) in [6, 6.07) is 43.3. The Morgan fingerprint density at radius 1 is 0.556 bits per heavy atom. The minimum Gasteiger partial charge on any atom is -0.307 e. The van der Waals surface area contributed by atoms with Gasteiger partial charge in [-0.05, 0) is 24.3 Å². The molecule has 8 aromatic rings. The van der Waals surface area contributed by atoms with Crippen molar-refractivity contribution in [2.24, 2.45) is 0 Å². The van der Waals surface area contributed by atoms with Gasteiger partial charge in [-0.25, -0.2) is 4.98 Å². The molecule has 0 N–H and O–H groups in total. The van der Waals surface area contributed by atoms with Crippen LogP contribution < -0.4 is 0 Å². The predicted molar refractivity (Wildman–Crippen MR) is 154 cm³/mol. The Kier molecular flexibility index (Phi) is 4.13. The van der Waals surface area contributed by atoms with Gasteiger partial charge in [-0.15, -0.1) is 11.3 Å². The Morgan fingerprint density at radius 3 is 2.14 bits per heavy atom. The number of hydrogen-bond donors (Lipinski definition) is 0. The molecule has 0 bridgehead atoms. The van der Waals surface area contributed by atoms with E-state index in [2.05, 4.69) is 126 Å². The lowest BCUT2D eigenvalue weighted by Crippen LogP contribution is -1.98. The first-order valence-corrected chi connectivity index (χ1v) is 13.0. The lowest BCUT2D eigenvalue weighted by atomic mass is 10.1. The van der Waals surface area contributed by atoms with Crippen LogP contribution in [0, 0.1) is 0 Å². The molecule has 5 aromatic carbocycles. The van der Waals surface area contributed by atoms with E-state index in [9.17, 15) is 0 Å². The van der Waals surface area contributed by atoms with Crippen LogP contribution in [0.25, 0.3) is 69.8 Å². The molecule has 8 rings (SSSR count). The molecule has 2 nitrogen and oxygen atoms in total.